The lowest BCUT2D eigenvalue weighted by molar-refractivity contribution is -0.0626. The molecule has 1 aliphatic rings. The number of rotatable bonds is 31. The summed E-state index contributed by atoms with van der Waals surface area (Å²) in [4.78, 5) is 27.0. The minimum atomic E-state index is -4.73. The average molecular weight is 752 g/mol. The quantitative estimate of drug-likeness (QED) is 0.0461. The molecule has 1 aromatic heterocycles. The Bertz CT molecular complexity index is 1130. The molecule has 1 saturated heterocycles. The summed E-state index contributed by atoms with van der Waals surface area (Å²) in [6.07, 6.45) is 18.3. The third-order valence-electron chi connectivity index (χ3n) is 8.92. The maximum atomic E-state index is 13.1. The van der Waals surface area contributed by atoms with Gasteiger partial charge in [-0.25, -0.2) is 9.36 Å². The number of ether oxygens (including phenoxy) is 3. The summed E-state index contributed by atoms with van der Waals surface area (Å²) in [5.41, 5.74) is 5.00. The van der Waals surface area contributed by atoms with Crippen LogP contribution in [0.15, 0.2) is 11.0 Å². The molecule has 292 valence electrons. The molecule has 0 saturated carbocycles. The van der Waals surface area contributed by atoms with Crippen LogP contribution in [0.5, 0.6) is 5.75 Å². The van der Waals surface area contributed by atoms with Gasteiger partial charge in [-0.15, -0.1) is 0 Å². The number of methoxy groups -OCH3 is 1. The van der Waals surface area contributed by atoms with Crippen molar-refractivity contribution >= 4 is 25.4 Å². The normalized spacial score (nSPS) is 21.0. The van der Waals surface area contributed by atoms with Gasteiger partial charge in [-0.05, 0) is 18.6 Å². The minimum Gasteiger partial charge on any atom is -0.399 e. The lowest BCUT2D eigenvalue weighted by Gasteiger charge is -2.22. The Morgan fingerprint density at radius 1 is 0.960 bits per heavy atom. The highest BCUT2D eigenvalue weighted by Crippen LogP contribution is 2.45. The van der Waals surface area contributed by atoms with Crippen molar-refractivity contribution in [3.8, 4) is 5.75 Å². The molecule has 1 aromatic rings. The Balaban J connectivity index is 1.90. The van der Waals surface area contributed by atoms with Gasteiger partial charge in [0.05, 0.1) is 25.5 Å². The van der Waals surface area contributed by atoms with Gasteiger partial charge < -0.3 is 34.7 Å². The van der Waals surface area contributed by atoms with Crippen LogP contribution in [-0.2, 0) is 23.3 Å². The molecule has 5 N–H and O–H groups in total. The predicted molar refractivity (Wildman–Crippen MR) is 199 cm³/mol. The van der Waals surface area contributed by atoms with Crippen molar-refractivity contribution in [2.24, 2.45) is 0 Å². The van der Waals surface area contributed by atoms with Crippen molar-refractivity contribution in [3.63, 3.8) is 0 Å². The second-order valence-corrected chi connectivity index (χ2v) is 15.7. The van der Waals surface area contributed by atoms with E-state index in [1.807, 2.05) is 0 Å². The van der Waals surface area contributed by atoms with E-state index >= 15 is 0 Å². The van der Waals surface area contributed by atoms with Gasteiger partial charge in [0.1, 0.15) is 18.3 Å². The third-order valence-corrected chi connectivity index (χ3v) is 11.0. The maximum absolute atomic E-state index is 13.1. The summed E-state index contributed by atoms with van der Waals surface area (Å²) < 4.78 is 41.7. The Kier molecular flexibility index (Phi) is 23.8. The number of anilines is 1. The number of phosphoric acid groups is 1. The van der Waals surface area contributed by atoms with Crippen molar-refractivity contribution < 1.29 is 42.9 Å². The maximum Gasteiger partial charge on any atom is 0.527 e. The van der Waals surface area contributed by atoms with Gasteiger partial charge >= 0.3 is 13.5 Å². The van der Waals surface area contributed by atoms with Gasteiger partial charge in [-0.1, -0.05) is 117 Å². The number of aliphatic hydroxyl groups is 2. The molecule has 13 nitrogen and oxygen atoms in total. The van der Waals surface area contributed by atoms with Gasteiger partial charge in [0.15, 0.2) is 17.8 Å². The molecule has 2 unspecified atom stereocenters. The van der Waals surface area contributed by atoms with Crippen LogP contribution < -0.4 is 15.9 Å². The Morgan fingerprint density at radius 3 is 2.08 bits per heavy atom. The summed E-state index contributed by atoms with van der Waals surface area (Å²) in [6, 6.07) is 0. The fraction of sp³-hybridized carbons (Fsp3) is 0.886. The van der Waals surface area contributed by atoms with Crippen molar-refractivity contribution in [2.75, 3.05) is 44.2 Å². The standard InChI is InChI=1S/C35H66N3O10PS/c1-4-6-8-10-12-14-15-17-19-21-23-50-27-28(45-22-20-18-16-13-11-9-7-5-2)26-46-49(42,43)48-29-24-38(35(41)37-33(29)36)34-32(44-3)31(40)30(25-39)47-34/h24,28,30-32,34,39-40H,4-23,25-27H2,1-3H3,(H,42,43)(H2,36,37,41)/t28?,30-,31-,32-,34-/m1/s1. The van der Waals surface area contributed by atoms with Crippen molar-refractivity contribution in [1.29, 1.82) is 0 Å². The van der Waals surface area contributed by atoms with Gasteiger partial charge in [0.25, 0.3) is 0 Å². The van der Waals surface area contributed by atoms with E-state index in [0.717, 1.165) is 42.2 Å². The van der Waals surface area contributed by atoms with Crippen molar-refractivity contribution in [1.82, 2.24) is 9.55 Å². The number of aliphatic hydroxyl groups excluding tert-OH is 2. The molecule has 0 spiro atoms. The lowest BCUT2D eigenvalue weighted by atomic mass is 10.1. The largest absolute Gasteiger partial charge is 0.527 e. The topological polar surface area (TPSA) is 185 Å². The molecule has 0 aromatic carbocycles. The number of nitrogen functional groups attached to an aromatic ring is 1. The number of hydrogen-bond donors (Lipinski definition) is 4. The Morgan fingerprint density at radius 2 is 1.52 bits per heavy atom. The fourth-order valence-corrected chi connectivity index (χ4v) is 7.76. The van der Waals surface area contributed by atoms with E-state index in [9.17, 15) is 24.5 Å². The number of unbranched alkanes of at least 4 members (excludes halogenated alkanes) is 16. The molecule has 0 aliphatic carbocycles. The number of nitrogens with two attached hydrogens (primary N) is 1. The van der Waals surface area contributed by atoms with Crippen LogP contribution in [0.3, 0.4) is 0 Å². The number of thioether (sulfide) groups is 1. The summed E-state index contributed by atoms with van der Waals surface area (Å²) >= 11 is 1.75. The highest BCUT2D eigenvalue weighted by molar-refractivity contribution is 7.99. The number of aromatic nitrogens is 2. The molecule has 6 atom stereocenters. The highest BCUT2D eigenvalue weighted by Gasteiger charge is 2.45. The van der Waals surface area contributed by atoms with Crippen LogP contribution in [-0.4, -0.2) is 87.5 Å². The molecule has 0 radical (unpaired) electrons. The third kappa shape index (κ3) is 17.5. The van der Waals surface area contributed by atoms with Crippen LogP contribution in [0.25, 0.3) is 0 Å². The summed E-state index contributed by atoms with van der Waals surface area (Å²) in [6.45, 7) is 4.29. The SMILES string of the molecule is CCCCCCCCCCCCSCC(COP(=O)(O)Oc1cn([C@@H]2O[C@H](CO)[C@@H](O)[C@H]2OC)c(=O)nc1N)OCCCCCCCCCC. The average Bonchev–Trinajstić information content (AvgIpc) is 3.42. The first kappa shape index (κ1) is 44.9. The van der Waals surface area contributed by atoms with Crippen molar-refractivity contribution in [3.05, 3.63) is 16.7 Å². The minimum absolute atomic E-state index is 0.176. The number of hydrogen-bond acceptors (Lipinski definition) is 12. The lowest BCUT2D eigenvalue weighted by Crippen LogP contribution is -2.37. The van der Waals surface area contributed by atoms with E-state index < -0.39 is 56.6 Å². The smallest absolute Gasteiger partial charge is 0.399 e. The molecule has 0 bridgehead atoms. The number of nitrogens with zero attached hydrogens (tertiary/aromatic N) is 2. The van der Waals surface area contributed by atoms with E-state index in [1.165, 1.54) is 97.0 Å². The second-order valence-electron chi connectivity index (χ2n) is 13.2. The molecule has 2 heterocycles. The molecule has 50 heavy (non-hydrogen) atoms. The van der Waals surface area contributed by atoms with E-state index in [4.69, 9.17) is 29.0 Å². The van der Waals surface area contributed by atoms with E-state index in [2.05, 4.69) is 18.8 Å². The van der Waals surface area contributed by atoms with Gasteiger partial charge in [-0.3, -0.25) is 14.0 Å². The second kappa shape index (κ2) is 26.5. The van der Waals surface area contributed by atoms with Crippen LogP contribution in [0.1, 0.15) is 136 Å². The Labute approximate surface area is 304 Å². The van der Waals surface area contributed by atoms with Gasteiger partial charge in [0, 0.05) is 19.5 Å². The van der Waals surface area contributed by atoms with Gasteiger partial charge in [-0.2, -0.15) is 16.7 Å². The molecule has 1 fully saturated rings. The zero-order valence-electron chi connectivity index (χ0n) is 30.8. The molecule has 2 rings (SSSR count). The molecule has 0 amide bonds. The first-order valence-corrected chi connectivity index (χ1v) is 21.5. The van der Waals surface area contributed by atoms with E-state index in [0.29, 0.717) is 12.4 Å². The summed E-state index contributed by atoms with van der Waals surface area (Å²) in [5, 5.41) is 19.9. The predicted octanol–water partition coefficient (Wildman–Crippen LogP) is 6.77. The molecular weight excluding hydrogens is 685 g/mol. The molecular formula is C35H66N3O10PS. The monoisotopic (exact) mass is 751 g/mol. The van der Waals surface area contributed by atoms with E-state index in [1.54, 1.807) is 11.8 Å². The first-order valence-electron chi connectivity index (χ1n) is 18.9. The van der Waals surface area contributed by atoms with Crippen LogP contribution in [0.2, 0.25) is 0 Å². The van der Waals surface area contributed by atoms with Crippen LogP contribution >= 0.6 is 19.6 Å². The summed E-state index contributed by atoms with van der Waals surface area (Å²) in [7, 11) is -3.42. The fourth-order valence-electron chi connectivity index (χ4n) is 5.93. The molecule has 1 aliphatic heterocycles. The van der Waals surface area contributed by atoms with Crippen LogP contribution in [0, 0.1) is 0 Å². The number of phosphoric ester groups is 1. The summed E-state index contributed by atoms with van der Waals surface area (Å²) in [5.74, 6) is 0.768. The van der Waals surface area contributed by atoms with Crippen molar-refractivity contribution in [2.45, 2.75) is 160 Å². The first-order chi connectivity index (χ1) is 24.2. The molecule has 15 heteroatoms. The van der Waals surface area contributed by atoms with Crippen LogP contribution in [0.4, 0.5) is 5.82 Å². The van der Waals surface area contributed by atoms with Gasteiger partial charge in [0.2, 0.25) is 0 Å². The zero-order chi connectivity index (χ0) is 36.6. The highest BCUT2D eigenvalue weighted by atomic mass is 32.2. The van der Waals surface area contributed by atoms with E-state index in [-0.39, 0.29) is 12.4 Å². The zero-order valence-corrected chi connectivity index (χ0v) is 32.5. The Hall–Kier alpha value is -1.22.